The van der Waals surface area contributed by atoms with Crippen LogP contribution in [0.3, 0.4) is 0 Å². The number of carbonyl (C=O) groups is 1. The van der Waals surface area contributed by atoms with Gasteiger partial charge in [-0.15, -0.1) is 0 Å². The molecule has 5 heteroatoms. The average Bonchev–Trinajstić information content (AvgIpc) is 2.95. The molecule has 0 aliphatic carbocycles. The summed E-state index contributed by atoms with van der Waals surface area (Å²) < 4.78 is 0.798. The molecule has 1 aliphatic heterocycles. The van der Waals surface area contributed by atoms with E-state index in [1.165, 1.54) is 17.3 Å². The maximum Gasteiger partial charge on any atom is 0.244 e. The summed E-state index contributed by atoms with van der Waals surface area (Å²) in [5, 5.41) is 0.735. The van der Waals surface area contributed by atoms with Crippen molar-refractivity contribution in [2.75, 3.05) is 0 Å². The van der Waals surface area contributed by atoms with Crippen LogP contribution in [0.15, 0.2) is 59.2 Å². The van der Waals surface area contributed by atoms with Crippen LogP contribution in [-0.2, 0) is 17.0 Å². The van der Waals surface area contributed by atoms with Gasteiger partial charge in [0.2, 0.25) is 5.12 Å². The molecule has 0 radical (unpaired) electrons. The molecule has 0 aromatic heterocycles. The second kappa shape index (κ2) is 8.06. The Hall–Kier alpha value is -1.49. The Bertz CT molecular complexity index is 795. The molecule has 0 spiro atoms. The van der Waals surface area contributed by atoms with Gasteiger partial charge in [0, 0.05) is 10.8 Å². The lowest BCUT2D eigenvalue weighted by Gasteiger charge is -1.99. The fraction of sp³-hybridized carbons (Fsp3) is 0.158. The van der Waals surface area contributed by atoms with Crippen molar-refractivity contribution >= 4 is 50.7 Å². The zero-order valence-corrected chi connectivity index (χ0v) is 15.5. The monoisotopic (exact) mass is 373 g/mol. The van der Waals surface area contributed by atoms with Gasteiger partial charge < -0.3 is 0 Å². The minimum absolute atomic E-state index is 0.00757. The minimum Gasteiger partial charge on any atom is -0.279 e. The highest BCUT2D eigenvalue weighted by Crippen LogP contribution is 2.32. The SMILES string of the molecule is CCc1ccc(/C=C2/N=C(SCc3ccc(Cl)cc3)SC2=O)cc1. The molecule has 0 atom stereocenters. The second-order valence-corrected chi connectivity index (χ2v) is 7.93. The minimum atomic E-state index is 0.00757. The number of thioether (sulfide) groups is 2. The van der Waals surface area contributed by atoms with E-state index >= 15 is 0 Å². The molecule has 0 saturated carbocycles. The normalized spacial score (nSPS) is 15.8. The molecule has 1 aliphatic rings. The Labute approximate surface area is 155 Å². The van der Waals surface area contributed by atoms with Crippen LogP contribution in [0.25, 0.3) is 6.08 Å². The maximum atomic E-state index is 12.1. The van der Waals surface area contributed by atoms with E-state index in [0.717, 1.165) is 32.7 Å². The summed E-state index contributed by atoms with van der Waals surface area (Å²) in [4.78, 5) is 16.6. The maximum absolute atomic E-state index is 12.1. The van der Waals surface area contributed by atoms with E-state index in [9.17, 15) is 4.79 Å². The molecular formula is C19H16ClNOS2. The topological polar surface area (TPSA) is 29.4 Å². The second-order valence-electron chi connectivity index (χ2n) is 5.31. The van der Waals surface area contributed by atoms with Crippen LogP contribution in [0.2, 0.25) is 5.02 Å². The van der Waals surface area contributed by atoms with Gasteiger partial charge in [-0.2, -0.15) is 0 Å². The van der Waals surface area contributed by atoms with Crippen molar-refractivity contribution in [3.8, 4) is 0 Å². The zero-order chi connectivity index (χ0) is 16.9. The Kier molecular flexibility index (Phi) is 5.82. The van der Waals surface area contributed by atoms with Gasteiger partial charge in [-0.25, -0.2) is 4.99 Å². The summed E-state index contributed by atoms with van der Waals surface area (Å²) in [5.74, 6) is 0.773. The quantitative estimate of drug-likeness (QED) is 0.633. The van der Waals surface area contributed by atoms with Gasteiger partial charge in [-0.3, -0.25) is 4.79 Å². The third kappa shape index (κ3) is 4.53. The van der Waals surface area contributed by atoms with Crippen LogP contribution in [0.5, 0.6) is 0 Å². The van der Waals surface area contributed by atoms with Gasteiger partial charge >= 0.3 is 0 Å². The van der Waals surface area contributed by atoms with Crippen LogP contribution in [0, 0.1) is 0 Å². The fourth-order valence-corrected chi connectivity index (χ4v) is 4.11. The predicted octanol–water partition coefficient (Wildman–Crippen LogP) is 5.81. The molecule has 0 fully saturated rings. The summed E-state index contributed by atoms with van der Waals surface area (Å²) in [6.07, 6.45) is 2.86. The summed E-state index contributed by atoms with van der Waals surface area (Å²) in [6.45, 7) is 2.12. The van der Waals surface area contributed by atoms with Crippen molar-refractivity contribution < 1.29 is 4.79 Å². The van der Waals surface area contributed by atoms with Crippen molar-refractivity contribution in [3.63, 3.8) is 0 Å². The lowest BCUT2D eigenvalue weighted by atomic mass is 10.1. The molecule has 3 rings (SSSR count). The smallest absolute Gasteiger partial charge is 0.244 e. The fourth-order valence-electron chi connectivity index (χ4n) is 2.18. The molecule has 2 aromatic rings. The molecule has 1 heterocycles. The van der Waals surface area contributed by atoms with Gasteiger partial charge in [0.25, 0.3) is 0 Å². The zero-order valence-electron chi connectivity index (χ0n) is 13.2. The van der Waals surface area contributed by atoms with Crippen molar-refractivity contribution in [1.82, 2.24) is 0 Å². The number of rotatable bonds is 4. The van der Waals surface area contributed by atoms with Crippen molar-refractivity contribution in [3.05, 3.63) is 75.9 Å². The number of aliphatic imine (C=N–C) groups is 1. The van der Waals surface area contributed by atoms with Gasteiger partial charge in [0.1, 0.15) is 10.1 Å². The molecule has 0 bridgehead atoms. The highest BCUT2D eigenvalue weighted by Gasteiger charge is 2.22. The number of aryl methyl sites for hydroxylation is 1. The Morgan fingerprint density at radius 1 is 1.08 bits per heavy atom. The average molecular weight is 374 g/mol. The van der Waals surface area contributed by atoms with E-state index in [1.54, 1.807) is 11.8 Å². The first kappa shape index (κ1) is 17.3. The summed E-state index contributed by atoms with van der Waals surface area (Å²) in [6, 6.07) is 15.9. The third-order valence-corrected chi connectivity index (χ3v) is 5.90. The number of carbonyl (C=O) groups excluding carboxylic acids is 1. The lowest BCUT2D eigenvalue weighted by Crippen LogP contribution is -1.88. The summed E-state index contributed by atoms with van der Waals surface area (Å²) >= 11 is 8.66. The molecule has 0 saturated heterocycles. The predicted molar refractivity (Wildman–Crippen MR) is 107 cm³/mol. The third-order valence-electron chi connectivity index (χ3n) is 3.57. The molecule has 122 valence electrons. The van der Waals surface area contributed by atoms with Crippen LogP contribution in [0.1, 0.15) is 23.6 Å². The molecule has 0 amide bonds. The number of nitrogens with zero attached hydrogens (tertiary/aromatic N) is 1. The number of halogens is 1. The first-order valence-corrected chi connectivity index (χ1v) is 9.81. The van der Waals surface area contributed by atoms with Gasteiger partial charge in [-0.1, -0.05) is 66.7 Å². The number of benzene rings is 2. The van der Waals surface area contributed by atoms with Crippen LogP contribution < -0.4 is 0 Å². The molecule has 0 N–H and O–H groups in total. The summed E-state index contributed by atoms with van der Waals surface area (Å²) in [5.41, 5.74) is 3.96. The van der Waals surface area contributed by atoms with Crippen LogP contribution >= 0.6 is 35.1 Å². The standard InChI is InChI=1S/C19H16ClNOS2/c1-2-13-3-5-14(6-4-13)11-17-18(22)24-19(21-17)23-12-15-7-9-16(20)10-8-15/h3-11H,2,12H2,1H3/b17-11+. The first-order valence-electron chi connectivity index (χ1n) is 7.63. The van der Waals surface area contributed by atoms with Crippen molar-refractivity contribution in [2.24, 2.45) is 4.99 Å². The first-order chi connectivity index (χ1) is 11.6. The highest BCUT2D eigenvalue weighted by atomic mass is 35.5. The van der Waals surface area contributed by atoms with E-state index in [1.807, 2.05) is 42.5 Å². The van der Waals surface area contributed by atoms with Gasteiger partial charge in [0.15, 0.2) is 0 Å². The highest BCUT2D eigenvalue weighted by molar-refractivity contribution is 8.45. The van der Waals surface area contributed by atoms with Crippen molar-refractivity contribution in [2.45, 2.75) is 19.1 Å². The molecule has 0 unspecified atom stereocenters. The van der Waals surface area contributed by atoms with Crippen LogP contribution in [-0.4, -0.2) is 9.49 Å². The Morgan fingerprint density at radius 2 is 1.75 bits per heavy atom. The molecule has 24 heavy (non-hydrogen) atoms. The largest absolute Gasteiger partial charge is 0.279 e. The molecular weight excluding hydrogens is 358 g/mol. The van der Waals surface area contributed by atoms with Crippen LogP contribution in [0.4, 0.5) is 0 Å². The van der Waals surface area contributed by atoms with E-state index in [2.05, 4.69) is 24.0 Å². The van der Waals surface area contributed by atoms with Gasteiger partial charge in [-0.05, 0) is 53.1 Å². The number of hydrogen-bond acceptors (Lipinski definition) is 4. The lowest BCUT2D eigenvalue weighted by molar-refractivity contribution is -0.107. The van der Waals surface area contributed by atoms with E-state index in [-0.39, 0.29) is 5.12 Å². The number of hydrogen-bond donors (Lipinski definition) is 0. The van der Waals surface area contributed by atoms with E-state index < -0.39 is 0 Å². The Morgan fingerprint density at radius 3 is 2.42 bits per heavy atom. The summed E-state index contributed by atoms with van der Waals surface area (Å²) in [7, 11) is 0. The molecule has 2 aromatic carbocycles. The van der Waals surface area contributed by atoms with Crippen molar-refractivity contribution in [1.29, 1.82) is 0 Å². The van der Waals surface area contributed by atoms with Gasteiger partial charge in [0.05, 0.1) is 0 Å². The Balaban J connectivity index is 1.67. The van der Waals surface area contributed by atoms with E-state index in [0.29, 0.717) is 5.70 Å². The molecule has 2 nitrogen and oxygen atoms in total. The van der Waals surface area contributed by atoms with E-state index in [4.69, 9.17) is 11.6 Å².